The Labute approximate surface area is 203 Å². The molecule has 1 unspecified atom stereocenters. The first-order valence-corrected chi connectivity index (χ1v) is 11.9. The van der Waals surface area contributed by atoms with E-state index in [-0.39, 0.29) is 19.2 Å². The monoisotopic (exact) mass is 473 g/mol. The van der Waals surface area contributed by atoms with E-state index in [1.807, 2.05) is 31.5 Å². The summed E-state index contributed by atoms with van der Waals surface area (Å²) in [5.74, 6) is 0.225. The second kappa shape index (κ2) is 17.6. The van der Waals surface area contributed by atoms with Crippen LogP contribution in [0.1, 0.15) is 55.6 Å². The average molecular weight is 474 g/mol. The van der Waals surface area contributed by atoms with Crippen molar-refractivity contribution in [2.75, 3.05) is 39.5 Å². The number of hydrogen-bond acceptors (Lipinski definition) is 8. The number of aliphatic hydroxyl groups excluding tert-OH is 1. The Kier molecular flexibility index (Phi) is 15.1. The van der Waals surface area contributed by atoms with E-state index in [2.05, 4.69) is 28.7 Å². The van der Waals surface area contributed by atoms with E-state index in [0.29, 0.717) is 12.2 Å². The van der Waals surface area contributed by atoms with Crippen molar-refractivity contribution in [2.24, 2.45) is 5.92 Å². The number of rotatable bonds is 8. The van der Waals surface area contributed by atoms with Crippen molar-refractivity contribution < 1.29 is 24.2 Å². The molecule has 8 heteroatoms. The van der Waals surface area contributed by atoms with Crippen LogP contribution in [-0.2, 0) is 27.1 Å². The van der Waals surface area contributed by atoms with Crippen LogP contribution in [0.4, 0.5) is 0 Å². The Hall–Kier alpha value is -2.84. The molecule has 34 heavy (non-hydrogen) atoms. The average Bonchev–Trinajstić information content (AvgIpc) is 3.28. The van der Waals surface area contributed by atoms with Crippen molar-refractivity contribution in [3.05, 3.63) is 59.7 Å². The Morgan fingerprint density at radius 3 is 2.29 bits per heavy atom. The maximum absolute atomic E-state index is 11.4. The van der Waals surface area contributed by atoms with Crippen LogP contribution in [0, 0.1) is 5.92 Å². The van der Waals surface area contributed by atoms with Gasteiger partial charge in [-0.25, -0.2) is 4.79 Å². The smallest absolute Gasteiger partial charge is 0.338 e. The standard InChI is InChI=1S/C10H13NO3.C9H17NO2.C7H9N/c1-2-8-7-11-4-3-9(8)10(13)14-6-5-12;1-8-3-4-10(7-8)5-6-12-9(2)11;1-2-7-3-5-8-6-4-7/h3-4,7,12H,2,5-6H2,1H3;8H,3-7H2,1-2H3;3-6H,2H2,1H3. The lowest BCUT2D eigenvalue weighted by Crippen LogP contribution is -2.25. The van der Waals surface area contributed by atoms with Gasteiger partial charge < -0.3 is 14.6 Å². The molecular formula is C26H39N3O5. The molecule has 0 spiro atoms. The molecule has 0 saturated carbocycles. The summed E-state index contributed by atoms with van der Waals surface area (Å²) in [4.78, 5) is 32.0. The maximum Gasteiger partial charge on any atom is 0.338 e. The van der Waals surface area contributed by atoms with Crippen LogP contribution in [0.2, 0.25) is 0 Å². The molecule has 1 saturated heterocycles. The summed E-state index contributed by atoms with van der Waals surface area (Å²) in [7, 11) is 0. The van der Waals surface area contributed by atoms with E-state index in [9.17, 15) is 9.59 Å². The predicted molar refractivity (Wildman–Crippen MR) is 131 cm³/mol. The van der Waals surface area contributed by atoms with Crippen LogP contribution in [0.3, 0.4) is 0 Å². The first-order chi connectivity index (χ1) is 16.4. The van der Waals surface area contributed by atoms with Gasteiger partial charge in [0.1, 0.15) is 13.2 Å². The molecule has 0 radical (unpaired) electrons. The zero-order chi connectivity index (χ0) is 25.2. The summed E-state index contributed by atoms with van der Waals surface area (Å²) in [6, 6.07) is 5.68. The van der Waals surface area contributed by atoms with E-state index in [1.165, 1.54) is 18.9 Å². The van der Waals surface area contributed by atoms with Crippen molar-refractivity contribution in [3.8, 4) is 0 Å². The van der Waals surface area contributed by atoms with E-state index in [4.69, 9.17) is 14.6 Å². The zero-order valence-corrected chi connectivity index (χ0v) is 20.9. The number of nitrogens with zero attached hydrogens (tertiary/aromatic N) is 3. The first-order valence-electron chi connectivity index (χ1n) is 11.9. The fourth-order valence-electron chi connectivity index (χ4n) is 3.29. The molecule has 0 amide bonds. The summed E-state index contributed by atoms with van der Waals surface area (Å²) >= 11 is 0. The summed E-state index contributed by atoms with van der Waals surface area (Å²) < 4.78 is 9.66. The van der Waals surface area contributed by atoms with Crippen LogP contribution < -0.4 is 0 Å². The summed E-state index contributed by atoms with van der Waals surface area (Å²) in [5.41, 5.74) is 2.73. The fraction of sp³-hybridized carbons (Fsp3) is 0.538. The van der Waals surface area contributed by atoms with Crippen molar-refractivity contribution in [3.63, 3.8) is 0 Å². The molecule has 0 aromatic carbocycles. The molecule has 0 bridgehead atoms. The highest BCUT2D eigenvalue weighted by atomic mass is 16.5. The summed E-state index contributed by atoms with van der Waals surface area (Å²) in [5, 5.41) is 8.50. The van der Waals surface area contributed by atoms with Crippen LogP contribution in [-0.4, -0.2) is 71.4 Å². The Morgan fingerprint density at radius 1 is 1.06 bits per heavy atom. The molecule has 0 aliphatic carbocycles. The molecule has 188 valence electrons. The van der Waals surface area contributed by atoms with E-state index < -0.39 is 5.97 Å². The largest absolute Gasteiger partial charge is 0.465 e. The Bertz CT molecular complexity index is 832. The van der Waals surface area contributed by atoms with Gasteiger partial charge in [-0.1, -0.05) is 20.8 Å². The molecule has 1 aliphatic heterocycles. The number of carbonyl (C=O) groups excluding carboxylic acids is 2. The van der Waals surface area contributed by atoms with Gasteiger partial charge in [0.15, 0.2) is 0 Å². The number of ether oxygens (including phenoxy) is 2. The fourth-order valence-corrected chi connectivity index (χ4v) is 3.29. The van der Waals surface area contributed by atoms with Gasteiger partial charge in [0.25, 0.3) is 0 Å². The van der Waals surface area contributed by atoms with Crippen molar-refractivity contribution in [2.45, 2.75) is 47.0 Å². The minimum atomic E-state index is -0.404. The minimum absolute atomic E-state index is 0.0321. The molecule has 2 aromatic heterocycles. The third-order valence-electron chi connectivity index (χ3n) is 5.21. The lowest BCUT2D eigenvalue weighted by atomic mass is 10.1. The quantitative estimate of drug-likeness (QED) is 0.583. The van der Waals surface area contributed by atoms with E-state index in [1.54, 1.807) is 18.5 Å². The number of likely N-dealkylation sites (tertiary alicyclic amines) is 1. The van der Waals surface area contributed by atoms with Crippen LogP contribution in [0.15, 0.2) is 43.0 Å². The molecular weight excluding hydrogens is 434 g/mol. The van der Waals surface area contributed by atoms with Gasteiger partial charge in [-0.05, 0) is 61.1 Å². The summed E-state index contributed by atoms with van der Waals surface area (Å²) in [6.45, 7) is 11.4. The van der Waals surface area contributed by atoms with Gasteiger partial charge in [-0.15, -0.1) is 0 Å². The van der Waals surface area contributed by atoms with Gasteiger partial charge in [0.2, 0.25) is 0 Å². The summed E-state index contributed by atoms with van der Waals surface area (Å²) in [6.07, 6.45) is 9.95. The number of aliphatic hydroxyl groups is 1. The number of hydrogen-bond donors (Lipinski definition) is 1. The topological polar surface area (TPSA) is 102 Å². The Balaban J connectivity index is 0.000000264. The van der Waals surface area contributed by atoms with Crippen LogP contribution >= 0.6 is 0 Å². The molecule has 2 aromatic rings. The normalized spacial score (nSPS) is 14.8. The molecule has 8 nitrogen and oxygen atoms in total. The van der Waals surface area contributed by atoms with Crippen LogP contribution in [0.25, 0.3) is 0 Å². The van der Waals surface area contributed by atoms with E-state index >= 15 is 0 Å². The Morgan fingerprint density at radius 2 is 1.76 bits per heavy atom. The number of aryl methyl sites for hydroxylation is 2. The lowest BCUT2D eigenvalue weighted by molar-refractivity contribution is -0.141. The highest BCUT2D eigenvalue weighted by Gasteiger charge is 2.17. The second-order valence-corrected chi connectivity index (χ2v) is 7.99. The van der Waals surface area contributed by atoms with Crippen molar-refractivity contribution in [1.29, 1.82) is 0 Å². The molecule has 3 rings (SSSR count). The first kappa shape index (κ1) is 29.2. The zero-order valence-electron chi connectivity index (χ0n) is 20.9. The van der Waals surface area contributed by atoms with Crippen molar-refractivity contribution >= 4 is 11.9 Å². The number of pyridine rings is 2. The third-order valence-corrected chi connectivity index (χ3v) is 5.21. The molecule has 1 N–H and O–H groups in total. The highest BCUT2D eigenvalue weighted by molar-refractivity contribution is 5.90. The molecule has 1 atom stereocenters. The number of carbonyl (C=O) groups is 2. The SMILES string of the molecule is CC(=O)OCCN1CCC(C)C1.CCc1ccncc1.CCc1cnccc1C(=O)OCCO. The molecule has 1 fully saturated rings. The molecule has 3 heterocycles. The number of aromatic nitrogens is 2. The third kappa shape index (κ3) is 12.4. The maximum atomic E-state index is 11.4. The van der Waals surface area contributed by atoms with E-state index in [0.717, 1.165) is 44.0 Å². The number of esters is 2. The van der Waals surface area contributed by atoms with Gasteiger partial charge in [0.05, 0.1) is 12.2 Å². The lowest BCUT2D eigenvalue weighted by Gasteiger charge is -2.14. The van der Waals surface area contributed by atoms with Gasteiger partial charge >= 0.3 is 11.9 Å². The van der Waals surface area contributed by atoms with Crippen molar-refractivity contribution in [1.82, 2.24) is 14.9 Å². The minimum Gasteiger partial charge on any atom is -0.465 e. The second-order valence-electron chi connectivity index (χ2n) is 7.99. The van der Waals surface area contributed by atoms with Gasteiger partial charge in [-0.3, -0.25) is 19.7 Å². The van der Waals surface area contributed by atoms with Gasteiger partial charge in [-0.2, -0.15) is 0 Å². The predicted octanol–water partition coefficient (Wildman–Crippen LogP) is 3.33. The van der Waals surface area contributed by atoms with Gasteiger partial charge in [0, 0.05) is 44.8 Å². The highest BCUT2D eigenvalue weighted by Crippen LogP contribution is 2.14. The molecule has 1 aliphatic rings. The van der Waals surface area contributed by atoms with Crippen LogP contribution in [0.5, 0.6) is 0 Å².